The van der Waals surface area contributed by atoms with Gasteiger partial charge < -0.3 is 10.1 Å². The lowest BCUT2D eigenvalue weighted by molar-refractivity contribution is 0.0528. The van der Waals surface area contributed by atoms with Gasteiger partial charge in [0, 0.05) is 22.1 Å². The summed E-state index contributed by atoms with van der Waals surface area (Å²) in [5, 5.41) is 3.28. The molecule has 3 aromatic heterocycles. The molecule has 0 saturated heterocycles. The number of amides is 1. The van der Waals surface area contributed by atoms with Gasteiger partial charge in [0.05, 0.1) is 12.2 Å². The zero-order valence-electron chi connectivity index (χ0n) is 15.3. The van der Waals surface area contributed by atoms with Crippen molar-refractivity contribution in [1.29, 1.82) is 0 Å². The number of thiazole rings is 1. The van der Waals surface area contributed by atoms with E-state index in [0.29, 0.717) is 16.3 Å². The third kappa shape index (κ3) is 3.56. The van der Waals surface area contributed by atoms with Gasteiger partial charge in [-0.3, -0.25) is 9.20 Å². The number of nitrogens with zero attached hydrogens (tertiary/aromatic N) is 2. The Labute approximate surface area is 169 Å². The number of carbonyl (C=O) groups excluding carboxylic acids is 2. The summed E-state index contributed by atoms with van der Waals surface area (Å²) in [6.45, 7) is 4.00. The molecule has 4 aromatic rings. The molecule has 4 rings (SSSR count). The van der Waals surface area contributed by atoms with Gasteiger partial charge in [0.1, 0.15) is 10.7 Å². The van der Waals surface area contributed by atoms with Crippen molar-refractivity contribution in [3.8, 4) is 10.4 Å². The molecule has 0 atom stereocenters. The van der Waals surface area contributed by atoms with E-state index in [-0.39, 0.29) is 12.5 Å². The van der Waals surface area contributed by atoms with Crippen LogP contribution in [0.4, 0.5) is 5.00 Å². The van der Waals surface area contributed by atoms with E-state index in [2.05, 4.69) is 10.3 Å². The molecule has 142 valence electrons. The summed E-state index contributed by atoms with van der Waals surface area (Å²) < 4.78 is 6.98. The maximum atomic E-state index is 12.7. The lowest BCUT2D eigenvalue weighted by atomic mass is 10.1. The number of anilines is 1. The topological polar surface area (TPSA) is 72.7 Å². The summed E-state index contributed by atoms with van der Waals surface area (Å²) in [7, 11) is 0. The Kier molecular flexibility index (Phi) is 4.97. The Morgan fingerprint density at radius 3 is 2.68 bits per heavy atom. The van der Waals surface area contributed by atoms with Gasteiger partial charge in [-0.05, 0) is 25.5 Å². The number of benzene rings is 1. The largest absolute Gasteiger partial charge is 0.462 e. The number of nitrogens with one attached hydrogen (secondary N) is 1. The van der Waals surface area contributed by atoms with E-state index in [1.54, 1.807) is 19.2 Å². The lowest BCUT2D eigenvalue weighted by Gasteiger charge is -2.04. The van der Waals surface area contributed by atoms with E-state index in [4.69, 9.17) is 4.74 Å². The van der Waals surface area contributed by atoms with Crippen molar-refractivity contribution in [1.82, 2.24) is 9.38 Å². The van der Waals surface area contributed by atoms with E-state index in [9.17, 15) is 9.59 Å². The van der Waals surface area contributed by atoms with Crippen molar-refractivity contribution in [3.63, 3.8) is 0 Å². The summed E-state index contributed by atoms with van der Waals surface area (Å²) >= 11 is 2.85. The number of fused-ring (bicyclic) bond motifs is 1. The van der Waals surface area contributed by atoms with Crippen molar-refractivity contribution in [3.05, 3.63) is 64.9 Å². The Balaban J connectivity index is 1.66. The third-order valence-corrected chi connectivity index (χ3v) is 6.03. The number of hydrogen-bond acceptors (Lipinski definition) is 6. The smallest absolute Gasteiger partial charge is 0.341 e. The van der Waals surface area contributed by atoms with Gasteiger partial charge in [0.15, 0.2) is 4.96 Å². The molecule has 3 heterocycles. The fraction of sp³-hybridized carbons (Fsp3) is 0.150. The van der Waals surface area contributed by atoms with Crippen molar-refractivity contribution < 1.29 is 14.3 Å². The highest BCUT2D eigenvalue weighted by Crippen LogP contribution is 2.36. The molecule has 0 radical (unpaired) electrons. The lowest BCUT2D eigenvalue weighted by Crippen LogP contribution is -2.14. The Hall–Kier alpha value is -2.97. The average molecular weight is 412 g/mol. The standard InChI is InChI=1S/C20H17N3O3S2/c1-3-26-19(25)14-9-16(13-7-5-4-6-8-13)28-18(14)22-17(24)15-11-23-10-12(2)27-20(23)21-15/h4-11H,3H2,1-2H3,(H,22,24). The molecule has 0 aliphatic heterocycles. The van der Waals surface area contributed by atoms with Gasteiger partial charge >= 0.3 is 5.97 Å². The number of esters is 1. The van der Waals surface area contributed by atoms with Crippen LogP contribution in [0.25, 0.3) is 15.4 Å². The van der Waals surface area contributed by atoms with Crippen LogP contribution in [0.2, 0.25) is 0 Å². The zero-order valence-corrected chi connectivity index (χ0v) is 16.9. The molecule has 0 bridgehead atoms. The van der Waals surface area contributed by atoms with Crippen molar-refractivity contribution >= 4 is 44.5 Å². The van der Waals surface area contributed by atoms with Gasteiger partial charge in [-0.2, -0.15) is 0 Å². The van der Waals surface area contributed by atoms with E-state index >= 15 is 0 Å². The summed E-state index contributed by atoms with van der Waals surface area (Å²) in [5.74, 6) is -0.821. The number of hydrogen-bond donors (Lipinski definition) is 1. The van der Waals surface area contributed by atoms with E-state index in [1.165, 1.54) is 22.7 Å². The van der Waals surface area contributed by atoms with Gasteiger partial charge in [0.2, 0.25) is 0 Å². The van der Waals surface area contributed by atoms with Crippen molar-refractivity contribution in [2.75, 3.05) is 11.9 Å². The van der Waals surface area contributed by atoms with Crippen LogP contribution >= 0.6 is 22.7 Å². The quantitative estimate of drug-likeness (QED) is 0.476. The molecule has 0 aliphatic rings. The fourth-order valence-electron chi connectivity index (χ4n) is 2.78. The monoisotopic (exact) mass is 411 g/mol. The second kappa shape index (κ2) is 7.57. The van der Waals surface area contributed by atoms with Crippen LogP contribution in [0.1, 0.15) is 32.6 Å². The first kappa shape index (κ1) is 18.4. The van der Waals surface area contributed by atoms with Gasteiger partial charge in [-0.25, -0.2) is 9.78 Å². The number of thiophene rings is 1. The molecule has 1 amide bonds. The minimum absolute atomic E-state index is 0.263. The summed E-state index contributed by atoms with van der Waals surface area (Å²) in [4.78, 5) is 32.2. The van der Waals surface area contributed by atoms with Crippen molar-refractivity contribution in [2.45, 2.75) is 13.8 Å². The summed E-state index contributed by atoms with van der Waals surface area (Å²) in [6.07, 6.45) is 3.61. The van der Waals surface area contributed by atoms with Crippen LogP contribution in [0.5, 0.6) is 0 Å². The minimum atomic E-state index is -0.460. The SMILES string of the molecule is CCOC(=O)c1cc(-c2ccccc2)sc1NC(=O)c1cn2cc(C)sc2n1. The highest BCUT2D eigenvalue weighted by atomic mass is 32.1. The normalized spacial score (nSPS) is 10.9. The van der Waals surface area contributed by atoms with Gasteiger partial charge in [-0.1, -0.05) is 30.3 Å². The molecular formula is C20H17N3O3S2. The maximum Gasteiger partial charge on any atom is 0.341 e. The predicted molar refractivity (Wildman–Crippen MR) is 111 cm³/mol. The predicted octanol–water partition coefficient (Wildman–Crippen LogP) is 4.86. The highest BCUT2D eigenvalue weighted by Gasteiger charge is 2.21. The second-order valence-electron chi connectivity index (χ2n) is 6.05. The minimum Gasteiger partial charge on any atom is -0.462 e. The molecule has 8 heteroatoms. The first-order chi connectivity index (χ1) is 13.5. The number of carbonyl (C=O) groups is 2. The van der Waals surface area contributed by atoms with Crippen molar-refractivity contribution in [2.24, 2.45) is 0 Å². The Bertz CT molecular complexity index is 1130. The van der Waals surface area contributed by atoms with Gasteiger partial charge in [0.25, 0.3) is 5.91 Å². The van der Waals surface area contributed by atoms with Gasteiger partial charge in [-0.15, -0.1) is 22.7 Å². The first-order valence-electron chi connectivity index (χ1n) is 8.68. The molecule has 28 heavy (non-hydrogen) atoms. The molecule has 0 unspecified atom stereocenters. The number of ether oxygens (including phenoxy) is 1. The Morgan fingerprint density at radius 2 is 1.96 bits per heavy atom. The number of aryl methyl sites for hydroxylation is 1. The number of imidazole rings is 1. The molecule has 1 aromatic carbocycles. The fourth-order valence-corrected chi connectivity index (χ4v) is 4.63. The van der Waals surface area contributed by atoms with Crippen LogP contribution in [0.15, 0.2) is 48.8 Å². The average Bonchev–Trinajstić information content (AvgIpc) is 3.35. The molecule has 0 aliphatic carbocycles. The molecule has 6 nitrogen and oxygen atoms in total. The van der Waals surface area contributed by atoms with Crippen LogP contribution in [-0.4, -0.2) is 27.9 Å². The highest BCUT2D eigenvalue weighted by molar-refractivity contribution is 7.20. The molecule has 0 spiro atoms. The third-order valence-electron chi connectivity index (χ3n) is 4.02. The summed E-state index contributed by atoms with van der Waals surface area (Å²) in [6, 6.07) is 11.5. The molecular weight excluding hydrogens is 394 g/mol. The first-order valence-corrected chi connectivity index (χ1v) is 10.3. The maximum absolute atomic E-state index is 12.7. The van der Waals surface area contributed by atoms with Crippen LogP contribution in [0, 0.1) is 6.92 Å². The molecule has 0 fully saturated rings. The molecule has 0 saturated carbocycles. The summed E-state index contributed by atoms with van der Waals surface area (Å²) in [5.41, 5.74) is 1.61. The van der Waals surface area contributed by atoms with Crippen LogP contribution in [0.3, 0.4) is 0 Å². The zero-order chi connectivity index (χ0) is 19.7. The number of aromatic nitrogens is 2. The molecule has 1 N–H and O–H groups in total. The Morgan fingerprint density at radius 1 is 1.18 bits per heavy atom. The van der Waals surface area contributed by atoms with Crippen LogP contribution < -0.4 is 5.32 Å². The number of rotatable bonds is 5. The van der Waals surface area contributed by atoms with E-state index < -0.39 is 5.97 Å². The second-order valence-corrected chi connectivity index (χ2v) is 8.32. The van der Waals surface area contributed by atoms with Crippen LogP contribution in [-0.2, 0) is 4.74 Å². The van der Waals surface area contributed by atoms with E-state index in [0.717, 1.165) is 20.3 Å². The van der Waals surface area contributed by atoms with E-state index in [1.807, 2.05) is 47.9 Å².